The van der Waals surface area contributed by atoms with Gasteiger partial charge < -0.3 is 20.6 Å². The summed E-state index contributed by atoms with van der Waals surface area (Å²) in [4.78, 5) is 28.5. The molecule has 1 heterocycles. The first kappa shape index (κ1) is 19.8. The van der Waals surface area contributed by atoms with Gasteiger partial charge in [-0.3, -0.25) is 9.59 Å². The molecule has 1 aliphatic rings. The minimum Gasteiger partial charge on any atom is -0.508 e. The Kier molecular flexibility index (Phi) is 6.60. The second-order valence-electron chi connectivity index (χ2n) is 6.04. The summed E-state index contributed by atoms with van der Waals surface area (Å²) in [6.07, 6.45) is 0. The van der Waals surface area contributed by atoms with Gasteiger partial charge in [-0.1, -0.05) is 18.2 Å². The topological polar surface area (TPSA) is 86.9 Å². The Hall–Kier alpha value is -2.57. The Morgan fingerprint density at radius 3 is 1.92 bits per heavy atom. The van der Waals surface area contributed by atoms with Crippen molar-refractivity contribution >= 4 is 24.2 Å². The highest BCUT2D eigenvalue weighted by Crippen LogP contribution is 2.15. The monoisotopic (exact) mass is 375 g/mol. The Labute approximate surface area is 158 Å². The molecule has 6 nitrogen and oxygen atoms in total. The molecular weight excluding hydrogens is 354 g/mol. The van der Waals surface area contributed by atoms with Crippen LogP contribution in [0.15, 0.2) is 48.5 Å². The number of piperazine rings is 1. The molecule has 0 bridgehead atoms. The number of carbonyl (C=O) groups is 2. The Bertz CT molecular complexity index is 772. The van der Waals surface area contributed by atoms with Crippen LogP contribution in [0.4, 0.5) is 0 Å². The molecule has 0 radical (unpaired) electrons. The first-order valence-electron chi connectivity index (χ1n) is 8.25. The normalized spacial score (nSPS) is 13.9. The van der Waals surface area contributed by atoms with Crippen molar-refractivity contribution in [3.8, 4) is 5.75 Å². The zero-order valence-corrected chi connectivity index (χ0v) is 15.1. The number of nitrogens with zero attached hydrogens (tertiary/aromatic N) is 2. The van der Waals surface area contributed by atoms with E-state index in [2.05, 4.69) is 0 Å². The van der Waals surface area contributed by atoms with Gasteiger partial charge in [-0.2, -0.15) is 0 Å². The van der Waals surface area contributed by atoms with E-state index in [1.807, 2.05) is 12.1 Å². The number of nitrogens with two attached hydrogens (primary N) is 1. The van der Waals surface area contributed by atoms with Crippen LogP contribution < -0.4 is 5.73 Å². The summed E-state index contributed by atoms with van der Waals surface area (Å²) < 4.78 is 0. The second kappa shape index (κ2) is 8.69. The van der Waals surface area contributed by atoms with Gasteiger partial charge >= 0.3 is 0 Å². The van der Waals surface area contributed by atoms with Crippen LogP contribution in [-0.4, -0.2) is 52.9 Å². The number of aromatic hydroxyl groups is 1. The number of benzene rings is 2. The predicted octanol–water partition coefficient (Wildman–Crippen LogP) is 1.87. The van der Waals surface area contributed by atoms with Crippen LogP contribution in [-0.2, 0) is 6.54 Å². The van der Waals surface area contributed by atoms with Crippen LogP contribution in [0.5, 0.6) is 5.75 Å². The molecule has 0 aliphatic carbocycles. The maximum Gasteiger partial charge on any atom is 0.254 e. The minimum atomic E-state index is -0.129. The van der Waals surface area contributed by atoms with Crippen molar-refractivity contribution in [3.63, 3.8) is 0 Å². The summed E-state index contributed by atoms with van der Waals surface area (Å²) in [5.74, 6) is -0.0936. The van der Waals surface area contributed by atoms with Gasteiger partial charge in [-0.25, -0.2) is 0 Å². The maximum atomic E-state index is 12.5. The Morgan fingerprint density at radius 2 is 1.42 bits per heavy atom. The highest BCUT2D eigenvalue weighted by atomic mass is 35.5. The van der Waals surface area contributed by atoms with Crippen LogP contribution in [0.2, 0.25) is 0 Å². The van der Waals surface area contributed by atoms with Crippen LogP contribution in [0.25, 0.3) is 0 Å². The van der Waals surface area contributed by atoms with Gasteiger partial charge in [0.15, 0.2) is 0 Å². The lowest BCUT2D eigenvalue weighted by atomic mass is 10.1. The van der Waals surface area contributed by atoms with Gasteiger partial charge in [-0.15, -0.1) is 12.4 Å². The molecule has 0 spiro atoms. The molecule has 0 aromatic heterocycles. The van der Waals surface area contributed by atoms with Crippen LogP contribution in [0, 0.1) is 0 Å². The summed E-state index contributed by atoms with van der Waals surface area (Å²) in [5, 5.41) is 9.51. The quantitative estimate of drug-likeness (QED) is 0.857. The number of amides is 2. The first-order chi connectivity index (χ1) is 12.1. The van der Waals surface area contributed by atoms with E-state index in [0.29, 0.717) is 43.9 Å². The van der Waals surface area contributed by atoms with Crippen molar-refractivity contribution in [1.29, 1.82) is 0 Å². The van der Waals surface area contributed by atoms with E-state index < -0.39 is 0 Å². The summed E-state index contributed by atoms with van der Waals surface area (Å²) in [7, 11) is 0. The average Bonchev–Trinajstić information content (AvgIpc) is 2.67. The Balaban J connectivity index is 0.00000243. The molecule has 1 saturated heterocycles. The third-order valence-electron chi connectivity index (χ3n) is 4.38. The molecule has 2 amide bonds. The SMILES string of the molecule is Cl.NCc1ccc(C(=O)N2CCN(C(=O)c3cccc(O)c3)CC2)cc1. The molecule has 0 unspecified atom stereocenters. The lowest BCUT2D eigenvalue weighted by Crippen LogP contribution is -2.50. The molecule has 1 fully saturated rings. The fraction of sp³-hybridized carbons (Fsp3) is 0.263. The van der Waals surface area contributed by atoms with Gasteiger partial charge in [0.25, 0.3) is 11.8 Å². The van der Waals surface area contributed by atoms with Crippen LogP contribution in [0.3, 0.4) is 0 Å². The molecule has 1 aliphatic heterocycles. The van der Waals surface area contributed by atoms with Crippen molar-refractivity contribution in [2.24, 2.45) is 5.73 Å². The van der Waals surface area contributed by atoms with E-state index in [4.69, 9.17) is 5.73 Å². The van der Waals surface area contributed by atoms with Crippen LogP contribution >= 0.6 is 12.4 Å². The summed E-state index contributed by atoms with van der Waals surface area (Å²) >= 11 is 0. The van der Waals surface area contributed by atoms with E-state index >= 15 is 0 Å². The van der Waals surface area contributed by atoms with E-state index in [1.165, 1.54) is 12.1 Å². The molecule has 3 N–H and O–H groups in total. The summed E-state index contributed by atoms with van der Waals surface area (Å²) in [6.45, 7) is 2.37. The minimum absolute atomic E-state index is 0. The number of hydrogen-bond donors (Lipinski definition) is 2. The fourth-order valence-corrected chi connectivity index (χ4v) is 2.90. The van der Waals surface area contributed by atoms with Gasteiger partial charge in [-0.05, 0) is 35.9 Å². The van der Waals surface area contributed by atoms with Gasteiger partial charge in [0.05, 0.1) is 0 Å². The molecule has 0 atom stereocenters. The number of carbonyl (C=O) groups excluding carboxylic acids is 2. The van der Waals surface area contributed by atoms with Gasteiger partial charge in [0.1, 0.15) is 5.75 Å². The summed E-state index contributed by atoms with van der Waals surface area (Å²) in [5.41, 5.74) is 7.64. The number of phenols is 1. The molecule has 3 rings (SSSR count). The van der Waals surface area contributed by atoms with Crippen molar-refractivity contribution in [1.82, 2.24) is 9.80 Å². The molecule has 26 heavy (non-hydrogen) atoms. The van der Waals surface area contributed by atoms with E-state index in [9.17, 15) is 14.7 Å². The fourth-order valence-electron chi connectivity index (χ4n) is 2.90. The Morgan fingerprint density at radius 1 is 0.885 bits per heavy atom. The zero-order valence-electron chi connectivity index (χ0n) is 14.3. The van der Waals surface area contributed by atoms with Crippen molar-refractivity contribution in [3.05, 3.63) is 65.2 Å². The van der Waals surface area contributed by atoms with Crippen molar-refractivity contribution < 1.29 is 14.7 Å². The highest BCUT2D eigenvalue weighted by Gasteiger charge is 2.25. The lowest BCUT2D eigenvalue weighted by Gasteiger charge is -2.35. The standard InChI is InChI=1S/C19H21N3O3.ClH/c20-13-14-4-6-15(7-5-14)18(24)21-8-10-22(11-9-21)19(25)16-2-1-3-17(23)12-16;/h1-7,12,23H,8-11,13,20H2;1H. The highest BCUT2D eigenvalue weighted by molar-refractivity contribution is 5.96. The number of phenolic OH excluding ortho intramolecular Hbond substituents is 1. The van der Waals surface area contributed by atoms with E-state index in [-0.39, 0.29) is 30.0 Å². The molecule has 7 heteroatoms. The van der Waals surface area contributed by atoms with Crippen LogP contribution in [0.1, 0.15) is 26.3 Å². The average molecular weight is 376 g/mol. The third kappa shape index (κ3) is 4.33. The predicted molar refractivity (Wildman–Crippen MR) is 101 cm³/mol. The molecule has 138 valence electrons. The second-order valence-corrected chi connectivity index (χ2v) is 6.04. The molecular formula is C19H22ClN3O3. The van der Waals surface area contributed by atoms with E-state index in [0.717, 1.165) is 5.56 Å². The van der Waals surface area contributed by atoms with Gasteiger partial charge in [0.2, 0.25) is 0 Å². The molecule has 2 aromatic rings. The smallest absolute Gasteiger partial charge is 0.254 e. The number of halogens is 1. The first-order valence-corrected chi connectivity index (χ1v) is 8.25. The van der Waals surface area contributed by atoms with E-state index in [1.54, 1.807) is 34.1 Å². The maximum absolute atomic E-state index is 12.5. The van der Waals surface area contributed by atoms with Crippen molar-refractivity contribution in [2.45, 2.75) is 6.54 Å². The summed E-state index contributed by atoms with van der Waals surface area (Å²) in [6, 6.07) is 13.6. The van der Waals surface area contributed by atoms with Gasteiger partial charge in [0, 0.05) is 43.9 Å². The largest absolute Gasteiger partial charge is 0.508 e. The lowest BCUT2D eigenvalue weighted by molar-refractivity contribution is 0.0535. The third-order valence-corrected chi connectivity index (χ3v) is 4.38. The zero-order chi connectivity index (χ0) is 17.8. The van der Waals surface area contributed by atoms with Crippen molar-refractivity contribution in [2.75, 3.05) is 26.2 Å². The molecule has 2 aromatic carbocycles. The molecule has 0 saturated carbocycles. The number of rotatable bonds is 3. The number of hydrogen-bond acceptors (Lipinski definition) is 4.